The van der Waals surface area contributed by atoms with E-state index in [0.717, 1.165) is 5.69 Å². The molecule has 0 atom stereocenters. The van der Waals surface area contributed by atoms with Crippen LogP contribution in [0.15, 0.2) is 35.4 Å². The molecule has 0 aliphatic heterocycles. The number of hydrogen-bond acceptors (Lipinski definition) is 3. The standard InChI is InChI=1S/C12H11FN4O/c1-8-6-11(16-15-8)12(18)17-14-7-9-4-2-3-5-10(9)13/h2-7H,1H3,(H,15,16)(H,17,18). The summed E-state index contributed by atoms with van der Waals surface area (Å²) in [7, 11) is 0. The van der Waals surface area contributed by atoms with Gasteiger partial charge in [-0.3, -0.25) is 9.89 Å². The van der Waals surface area contributed by atoms with Crippen LogP contribution in [0.25, 0.3) is 0 Å². The van der Waals surface area contributed by atoms with Gasteiger partial charge in [0.2, 0.25) is 0 Å². The number of H-pyrrole nitrogens is 1. The maximum Gasteiger partial charge on any atom is 0.291 e. The number of carbonyl (C=O) groups excluding carboxylic acids is 1. The number of benzene rings is 1. The number of aryl methyl sites for hydroxylation is 1. The van der Waals surface area contributed by atoms with Gasteiger partial charge in [-0.05, 0) is 19.1 Å². The Balaban J connectivity index is 2.00. The molecule has 0 fully saturated rings. The fourth-order valence-corrected chi connectivity index (χ4v) is 1.33. The Bertz CT molecular complexity index is 591. The van der Waals surface area contributed by atoms with Gasteiger partial charge in [-0.2, -0.15) is 10.2 Å². The van der Waals surface area contributed by atoms with Gasteiger partial charge >= 0.3 is 0 Å². The third kappa shape index (κ3) is 2.79. The highest BCUT2D eigenvalue weighted by Crippen LogP contribution is 2.02. The molecule has 0 saturated heterocycles. The van der Waals surface area contributed by atoms with E-state index >= 15 is 0 Å². The quantitative estimate of drug-likeness (QED) is 0.638. The van der Waals surface area contributed by atoms with Crippen molar-refractivity contribution in [2.24, 2.45) is 5.10 Å². The maximum absolute atomic E-state index is 13.2. The summed E-state index contributed by atoms with van der Waals surface area (Å²) in [4.78, 5) is 11.5. The van der Waals surface area contributed by atoms with Crippen molar-refractivity contribution in [1.82, 2.24) is 15.6 Å². The molecule has 0 saturated carbocycles. The molecule has 0 aliphatic carbocycles. The Labute approximate surface area is 103 Å². The van der Waals surface area contributed by atoms with Crippen molar-refractivity contribution >= 4 is 12.1 Å². The summed E-state index contributed by atoms with van der Waals surface area (Å²) in [5.74, 6) is -0.849. The van der Waals surface area contributed by atoms with Crippen molar-refractivity contribution in [2.45, 2.75) is 6.92 Å². The van der Waals surface area contributed by atoms with Crippen molar-refractivity contribution in [3.63, 3.8) is 0 Å². The van der Waals surface area contributed by atoms with E-state index in [9.17, 15) is 9.18 Å². The molecule has 1 amide bonds. The fraction of sp³-hybridized carbons (Fsp3) is 0.0833. The van der Waals surface area contributed by atoms with Crippen LogP contribution in [0.5, 0.6) is 0 Å². The highest BCUT2D eigenvalue weighted by atomic mass is 19.1. The zero-order chi connectivity index (χ0) is 13.0. The average Bonchev–Trinajstić information content (AvgIpc) is 2.78. The van der Waals surface area contributed by atoms with E-state index < -0.39 is 11.7 Å². The van der Waals surface area contributed by atoms with Crippen LogP contribution < -0.4 is 5.43 Å². The first-order valence-electron chi connectivity index (χ1n) is 5.27. The monoisotopic (exact) mass is 246 g/mol. The second-order valence-electron chi connectivity index (χ2n) is 3.66. The Hall–Kier alpha value is -2.50. The Morgan fingerprint density at radius 1 is 1.50 bits per heavy atom. The summed E-state index contributed by atoms with van der Waals surface area (Å²) < 4.78 is 13.2. The molecular weight excluding hydrogens is 235 g/mol. The molecule has 0 radical (unpaired) electrons. The number of hydrazone groups is 1. The van der Waals surface area contributed by atoms with Crippen LogP contribution in [-0.2, 0) is 0 Å². The largest absolute Gasteiger partial charge is 0.291 e. The number of aromatic amines is 1. The van der Waals surface area contributed by atoms with Crippen LogP contribution in [0.1, 0.15) is 21.7 Å². The van der Waals surface area contributed by atoms with E-state index in [1.54, 1.807) is 31.2 Å². The van der Waals surface area contributed by atoms with Gasteiger partial charge in [0, 0.05) is 11.3 Å². The van der Waals surface area contributed by atoms with Crippen LogP contribution in [0.4, 0.5) is 4.39 Å². The zero-order valence-corrected chi connectivity index (χ0v) is 9.64. The van der Waals surface area contributed by atoms with Gasteiger partial charge in [0.05, 0.1) is 6.21 Å². The minimum absolute atomic E-state index is 0.234. The lowest BCUT2D eigenvalue weighted by atomic mass is 10.2. The van der Waals surface area contributed by atoms with E-state index in [4.69, 9.17) is 0 Å². The van der Waals surface area contributed by atoms with Crippen molar-refractivity contribution in [2.75, 3.05) is 0 Å². The number of aromatic nitrogens is 2. The van der Waals surface area contributed by atoms with E-state index in [0.29, 0.717) is 5.56 Å². The number of halogens is 1. The van der Waals surface area contributed by atoms with Gasteiger partial charge < -0.3 is 0 Å². The fourth-order valence-electron chi connectivity index (χ4n) is 1.33. The number of hydrogen-bond donors (Lipinski definition) is 2. The molecule has 0 bridgehead atoms. The SMILES string of the molecule is Cc1cc(C(=O)NN=Cc2ccccc2F)n[nH]1. The number of nitrogens with zero attached hydrogens (tertiary/aromatic N) is 2. The van der Waals surface area contributed by atoms with Gasteiger partial charge in [-0.25, -0.2) is 9.82 Å². The zero-order valence-electron chi connectivity index (χ0n) is 9.64. The third-order valence-corrected chi connectivity index (χ3v) is 2.21. The predicted molar refractivity (Wildman–Crippen MR) is 64.8 cm³/mol. The predicted octanol–water partition coefficient (Wildman–Crippen LogP) is 1.62. The Morgan fingerprint density at radius 2 is 2.28 bits per heavy atom. The lowest BCUT2D eigenvalue weighted by Gasteiger charge is -1.96. The summed E-state index contributed by atoms with van der Waals surface area (Å²) in [5, 5.41) is 10.1. The summed E-state index contributed by atoms with van der Waals surface area (Å²) in [6, 6.07) is 7.74. The molecular formula is C12H11FN4O. The summed E-state index contributed by atoms with van der Waals surface area (Å²) >= 11 is 0. The van der Waals surface area contributed by atoms with E-state index in [-0.39, 0.29) is 5.69 Å². The maximum atomic E-state index is 13.2. The minimum Gasteiger partial charge on any atom is -0.282 e. The van der Waals surface area contributed by atoms with E-state index in [1.807, 2.05) is 0 Å². The molecule has 0 aliphatic rings. The Morgan fingerprint density at radius 3 is 2.94 bits per heavy atom. The molecule has 0 unspecified atom stereocenters. The van der Waals surface area contributed by atoms with Crippen LogP contribution in [-0.4, -0.2) is 22.3 Å². The van der Waals surface area contributed by atoms with Gasteiger partial charge in [-0.1, -0.05) is 18.2 Å². The van der Waals surface area contributed by atoms with E-state index in [2.05, 4.69) is 20.7 Å². The van der Waals surface area contributed by atoms with Gasteiger partial charge in [0.15, 0.2) is 5.69 Å². The first-order chi connectivity index (χ1) is 8.66. The molecule has 92 valence electrons. The van der Waals surface area contributed by atoms with Crippen LogP contribution >= 0.6 is 0 Å². The highest BCUT2D eigenvalue weighted by molar-refractivity contribution is 5.93. The molecule has 2 N–H and O–H groups in total. The van der Waals surface area contributed by atoms with Crippen LogP contribution in [0.2, 0.25) is 0 Å². The number of amides is 1. The summed E-state index contributed by atoms with van der Waals surface area (Å²) in [6.07, 6.45) is 1.24. The molecule has 2 aromatic rings. The molecule has 6 heteroatoms. The van der Waals surface area contributed by atoms with Gasteiger partial charge in [-0.15, -0.1) is 0 Å². The van der Waals surface area contributed by atoms with Crippen molar-refractivity contribution in [3.8, 4) is 0 Å². The lowest BCUT2D eigenvalue weighted by Crippen LogP contribution is -2.18. The molecule has 1 aromatic carbocycles. The van der Waals surface area contributed by atoms with Crippen LogP contribution in [0, 0.1) is 12.7 Å². The van der Waals surface area contributed by atoms with Crippen molar-refractivity contribution in [3.05, 3.63) is 53.1 Å². The number of nitrogens with one attached hydrogen (secondary N) is 2. The molecule has 1 aromatic heterocycles. The molecule has 0 spiro atoms. The van der Waals surface area contributed by atoms with Gasteiger partial charge in [0.1, 0.15) is 5.82 Å². The normalized spacial score (nSPS) is 10.8. The minimum atomic E-state index is -0.452. The molecule has 5 nitrogen and oxygen atoms in total. The van der Waals surface area contributed by atoms with Crippen molar-refractivity contribution < 1.29 is 9.18 Å². The third-order valence-electron chi connectivity index (χ3n) is 2.21. The molecule has 18 heavy (non-hydrogen) atoms. The summed E-state index contributed by atoms with van der Waals surface area (Å²) in [5.41, 5.74) is 3.58. The number of carbonyl (C=O) groups is 1. The highest BCUT2D eigenvalue weighted by Gasteiger charge is 2.07. The second kappa shape index (κ2) is 5.22. The summed E-state index contributed by atoms with van der Waals surface area (Å²) in [6.45, 7) is 1.78. The molecule has 1 heterocycles. The topological polar surface area (TPSA) is 70.1 Å². The van der Waals surface area contributed by atoms with E-state index in [1.165, 1.54) is 12.3 Å². The van der Waals surface area contributed by atoms with Crippen LogP contribution in [0.3, 0.4) is 0 Å². The van der Waals surface area contributed by atoms with Gasteiger partial charge in [0.25, 0.3) is 5.91 Å². The average molecular weight is 246 g/mol. The first kappa shape index (κ1) is 12.0. The molecule has 2 rings (SSSR count). The second-order valence-corrected chi connectivity index (χ2v) is 3.66. The van der Waals surface area contributed by atoms with Crippen molar-refractivity contribution in [1.29, 1.82) is 0 Å². The lowest BCUT2D eigenvalue weighted by molar-refractivity contribution is 0.0950. The first-order valence-corrected chi connectivity index (χ1v) is 5.27. The number of rotatable bonds is 3. The Kier molecular flexibility index (Phi) is 3.47. The smallest absolute Gasteiger partial charge is 0.282 e.